The molecule has 5 heterocycles. The van der Waals surface area contributed by atoms with Crippen LogP contribution >= 0.6 is 23.2 Å². The number of ether oxygens (including phenoxy) is 3. The second kappa shape index (κ2) is 11.4. The van der Waals surface area contributed by atoms with Crippen LogP contribution < -0.4 is 15.0 Å². The molecule has 3 aromatic heterocycles. The van der Waals surface area contributed by atoms with Gasteiger partial charge in [0.15, 0.2) is 10.8 Å². The first-order valence-electron chi connectivity index (χ1n) is 13.6. The summed E-state index contributed by atoms with van der Waals surface area (Å²) in [6.07, 6.45) is -4.49. The summed E-state index contributed by atoms with van der Waals surface area (Å²) in [7, 11) is 1.12. The topological polar surface area (TPSA) is 140 Å². The van der Waals surface area contributed by atoms with Crippen LogP contribution in [-0.2, 0) is 14.9 Å². The molecule has 0 unspecified atom stereocenters. The van der Waals surface area contributed by atoms with Crippen LogP contribution in [-0.4, -0.2) is 87.2 Å². The summed E-state index contributed by atoms with van der Waals surface area (Å²) in [6.45, 7) is 5.74. The summed E-state index contributed by atoms with van der Waals surface area (Å²) >= 11 is 12.3. The van der Waals surface area contributed by atoms with E-state index in [9.17, 15) is 27.6 Å². The normalized spacial score (nSPS) is 19.9. The first-order chi connectivity index (χ1) is 20.9. The van der Waals surface area contributed by atoms with Crippen molar-refractivity contribution in [2.24, 2.45) is 0 Å². The molecule has 5 rings (SSSR count). The number of fused-ring (bicyclic) bond motifs is 3. The molecule has 0 bridgehead atoms. The number of carbonyl (C=O) groups excluding carboxylic acids is 3. The van der Waals surface area contributed by atoms with E-state index >= 15 is 0 Å². The molecule has 45 heavy (non-hydrogen) atoms. The van der Waals surface area contributed by atoms with Crippen molar-refractivity contribution in [2.45, 2.75) is 57.4 Å². The van der Waals surface area contributed by atoms with Crippen molar-refractivity contribution in [3.63, 3.8) is 0 Å². The molecule has 2 atom stereocenters. The van der Waals surface area contributed by atoms with Crippen LogP contribution in [0.1, 0.15) is 50.2 Å². The number of alkyl halides is 3. The van der Waals surface area contributed by atoms with E-state index in [1.165, 1.54) is 11.0 Å². The molecule has 1 fully saturated rings. The lowest BCUT2D eigenvalue weighted by Crippen LogP contribution is -2.46. The molecular weight excluding hydrogens is 646 g/mol. The number of aromatic nitrogens is 4. The van der Waals surface area contributed by atoms with E-state index in [0.29, 0.717) is 13.0 Å². The fourth-order valence-electron chi connectivity index (χ4n) is 5.07. The largest absolute Gasteiger partial charge is 0.472 e. The fraction of sp³-hybridized carbons (Fsp3) is 0.481. The minimum atomic E-state index is -4.79. The highest BCUT2D eigenvalue weighted by Crippen LogP contribution is 2.50. The van der Waals surface area contributed by atoms with Gasteiger partial charge in [-0.1, -0.05) is 23.2 Å². The lowest BCUT2D eigenvalue weighted by molar-refractivity contribution is -0.181. The van der Waals surface area contributed by atoms with E-state index in [4.69, 9.17) is 37.4 Å². The Bertz CT molecular complexity index is 1700. The summed E-state index contributed by atoms with van der Waals surface area (Å²) in [5.74, 6) is -1.42. The predicted molar refractivity (Wildman–Crippen MR) is 155 cm³/mol. The number of likely N-dealkylation sites (tertiary alicyclic amines) is 1. The summed E-state index contributed by atoms with van der Waals surface area (Å²) in [4.78, 5) is 49.2. The Kier molecular flexibility index (Phi) is 8.19. The number of amides is 3. The standard InChI is InChI=1S/C27H28Cl2F3N7O6/c1-25(2,3)45-24(42)37-7-6-13(11-37)44-21-19(22(40)43-5)14(28)8-17(34-21)35-23(41)38-12-26(4,27(30,31)32)20-15(38)10-33-18-9-16(29)36-39(18)20/h8-10,13H,6-7,11-12H2,1-5H3,(H,34,35,41)/t13-,26+/m0/s1. The third kappa shape index (κ3) is 6.12. The van der Waals surface area contributed by atoms with Gasteiger partial charge in [-0.25, -0.2) is 23.9 Å². The van der Waals surface area contributed by atoms with Crippen LogP contribution in [0.3, 0.4) is 0 Å². The maximum atomic E-state index is 14.5. The van der Waals surface area contributed by atoms with Crippen LogP contribution in [0, 0.1) is 0 Å². The van der Waals surface area contributed by atoms with Crippen molar-refractivity contribution in [3.05, 3.63) is 39.8 Å². The highest BCUT2D eigenvalue weighted by molar-refractivity contribution is 6.34. The molecular formula is C27H28Cl2F3N7O6. The first-order valence-corrected chi connectivity index (χ1v) is 14.3. The Morgan fingerprint density at radius 3 is 2.51 bits per heavy atom. The van der Waals surface area contributed by atoms with E-state index < -0.39 is 47.9 Å². The van der Waals surface area contributed by atoms with Gasteiger partial charge in [-0.3, -0.25) is 10.2 Å². The van der Waals surface area contributed by atoms with Crippen LogP contribution in [0.4, 0.5) is 34.3 Å². The van der Waals surface area contributed by atoms with Gasteiger partial charge in [0.25, 0.3) is 0 Å². The number of anilines is 2. The first kappa shape index (κ1) is 32.3. The molecule has 1 saturated heterocycles. The molecule has 0 spiro atoms. The van der Waals surface area contributed by atoms with Crippen LogP contribution in [0.25, 0.3) is 5.65 Å². The number of methoxy groups -OCH3 is 1. The summed E-state index contributed by atoms with van der Waals surface area (Å²) in [6, 6.07) is 1.44. The van der Waals surface area contributed by atoms with E-state index in [1.807, 2.05) is 0 Å². The van der Waals surface area contributed by atoms with Gasteiger partial charge in [0.2, 0.25) is 5.88 Å². The van der Waals surface area contributed by atoms with Crippen molar-refractivity contribution in [1.29, 1.82) is 0 Å². The molecule has 3 aromatic rings. The van der Waals surface area contributed by atoms with Gasteiger partial charge >= 0.3 is 24.3 Å². The Morgan fingerprint density at radius 2 is 1.87 bits per heavy atom. The molecule has 0 aromatic carbocycles. The molecule has 0 saturated carbocycles. The zero-order valence-electron chi connectivity index (χ0n) is 24.7. The number of urea groups is 1. The van der Waals surface area contributed by atoms with Crippen molar-refractivity contribution in [2.75, 3.05) is 37.0 Å². The fourth-order valence-corrected chi connectivity index (χ4v) is 5.51. The number of carbonyl (C=O) groups is 3. The number of pyridine rings is 1. The summed E-state index contributed by atoms with van der Waals surface area (Å²) in [5, 5.41) is 6.10. The number of rotatable bonds is 4. The summed E-state index contributed by atoms with van der Waals surface area (Å²) < 4.78 is 60.5. The summed E-state index contributed by atoms with van der Waals surface area (Å²) in [5.41, 5.74) is -3.90. The van der Waals surface area contributed by atoms with Gasteiger partial charge in [-0.15, -0.1) is 0 Å². The van der Waals surface area contributed by atoms with Crippen LogP contribution in [0.5, 0.6) is 5.88 Å². The predicted octanol–water partition coefficient (Wildman–Crippen LogP) is 5.48. The van der Waals surface area contributed by atoms with Crippen LogP contribution in [0.15, 0.2) is 18.3 Å². The van der Waals surface area contributed by atoms with Gasteiger partial charge in [0.05, 0.1) is 36.3 Å². The SMILES string of the molecule is COC(=O)c1c(Cl)cc(NC(=O)N2C[C@@](C)(C(F)(F)F)c3c2cnc2cc(Cl)nn32)nc1O[C@H]1CCN(C(=O)OC(C)(C)C)C1. The van der Waals surface area contributed by atoms with Gasteiger partial charge in [0, 0.05) is 31.6 Å². The number of hydrogen-bond donors (Lipinski definition) is 1. The number of halogens is 5. The number of esters is 1. The zero-order chi connectivity index (χ0) is 33.1. The quantitative estimate of drug-likeness (QED) is 0.357. The second-order valence-corrected chi connectivity index (χ2v) is 12.5. The van der Waals surface area contributed by atoms with Crippen molar-refractivity contribution in [1.82, 2.24) is 24.5 Å². The minimum Gasteiger partial charge on any atom is -0.472 e. The molecule has 242 valence electrons. The van der Waals surface area contributed by atoms with E-state index in [1.54, 1.807) is 20.8 Å². The third-order valence-electron chi connectivity index (χ3n) is 7.23. The second-order valence-electron chi connectivity index (χ2n) is 11.7. The molecule has 18 heteroatoms. The Hall–Kier alpha value is -4.05. The van der Waals surface area contributed by atoms with E-state index in [2.05, 4.69) is 20.4 Å². The number of hydrogen-bond acceptors (Lipinski definition) is 9. The van der Waals surface area contributed by atoms with E-state index in [-0.39, 0.29) is 51.0 Å². The molecule has 2 aliphatic heterocycles. The molecule has 13 nitrogen and oxygen atoms in total. The Labute approximate surface area is 264 Å². The molecule has 0 aliphatic carbocycles. The van der Waals surface area contributed by atoms with Gasteiger partial charge in [-0.05, 0) is 27.7 Å². The monoisotopic (exact) mass is 673 g/mol. The van der Waals surface area contributed by atoms with Crippen LogP contribution in [0.2, 0.25) is 10.2 Å². The average molecular weight is 674 g/mol. The van der Waals surface area contributed by atoms with Gasteiger partial charge in [0.1, 0.15) is 28.5 Å². The molecule has 0 radical (unpaired) electrons. The minimum absolute atomic E-state index is 0.0715. The third-order valence-corrected chi connectivity index (χ3v) is 7.71. The highest BCUT2D eigenvalue weighted by Gasteiger charge is 2.60. The molecule has 3 amide bonds. The molecule has 2 aliphatic rings. The van der Waals surface area contributed by atoms with Gasteiger partial charge in [-0.2, -0.15) is 23.3 Å². The van der Waals surface area contributed by atoms with Crippen molar-refractivity contribution >= 4 is 58.4 Å². The lowest BCUT2D eigenvalue weighted by Gasteiger charge is -2.28. The zero-order valence-corrected chi connectivity index (χ0v) is 26.2. The maximum absolute atomic E-state index is 14.5. The smallest absolute Gasteiger partial charge is 0.410 e. The van der Waals surface area contributed by atoms with Gasteiger partial charge < -0.3 is 19.1 Å². The highest BCUT2D eigenvalue weighted by atomic mass is 35.5. The maximum Gasteiger partial charge on any atom is 0.410 e. The van der Waals surface area contributed by atoms with Crippen molar-refractivity contribution in [3.8, 4) is 5.88 Å². The average Bonchev–Trinajstić information content (AvgIpc) is 3.62. The molecule has 1 N–H and O–H groups in total. The number of nitrogens with zero attached hydrogens (tertiary/aromatic N) is 6. The number of nitrogens with one attached hydrogen (secondary N) is 1. The Balaban J connectivity index is 1.43. The van der Waals surface area contributed by atoms with Crippen molar-refractivity contribution < 1.29 is 41.8 Å². The van der Waals surface area contributed by atoms with E-state index in [0.717, 1.165) is 35.7 Å². The lowest BCUT2D eigenvalue weighted by atomic mass is 9.88. The Morgan fingerprint density at radius 1 is 1.16 bits per heavy atom.